The SMILES string of the molecule is CC(C)c1noc(CCCC(=O)Nc2ccccc2Oc2ccccc2)n1. The molecule has 6 heteroatoms. The first-order chi connectivity index (χ1) is 13.1. The number of aryl methyl sites for hydroxylation is 1. The fraction of sp³-hybridized carbons (Fsp3) is 0.286. The van der Waals surface area contributed by atoms with Crippen molar-refractivity contribution in [3.8, 4) is 11.5 Å². The molecule has 0 unspecified atom stereocenters. The van der Waals surface area contributed by atoms with Crippen LogP contribution in [0.15, 0.2) is 59.1 Å². The maximum atomic E-state index is 12.3. The van der Waals surface area contributed by atoms with Gasteiger partial charge in [0.15, 0.2) is 11.6 Å². The summed E-state index contributed by atoms with van der Waals surface area (Å²) in [5, 5.41) is 6.84. The highest BCUT2D eigenvalue weighted by molar-refractivity contribution is 5.92. The van der Waals surface area contributed by atoms with Crippen molar-refractivity contribution in [2.24, 2.45) is 0 Å². The van der Waals surface area contributed by atoms with Crippen LogP contribution in [0.5, 0.6) is 11.5 Å². The van der Waals surface area contributed by atoms with Crippen molar-refractivity contribution in [2.75, 3.05) is 5.32 Å². The topological polar surface area (TPSA) is 77.2 Å². The Morgan fingerprint density at radius 2 is 1.85 bits per heavy atom. The molecule has 3 aromatic rings. The second-order valence-corrected chi connectivity index (χ2v) is 6.51. The quantitative estimate of drug-likeness (QED) is 0.611. The molecule has 0 spiro atoms. The number of rotatable bonds is 8. The van der Waals surface area contributed by atoms with Crippen molar-refractivity contribution in [1.29, 1.82) is 0 Å². The van der Waals surface area contributed by atoms with Crippen LogP contribution in [-0.2, 0) is 11.2 Å². The number of nitrogens with zero attached hydrogens (tertiary/aromatic N) is 2. The highest BCUT2D eigenvalue weighted by Crippen LogP contribution is 2.29. The number of anilines is 1. The molecule has 0 aliphatic carbocycles. The lowest BCUT2D eigenvalue weighted by molar-refractivity contribution is -0.116. The van der Waals surface area contributed by atoms with E-state index in [2.05, 4.69) is 15.5 Å². The number of hydrogen-bond donors (Lipinski definition) is 1. The van der Waals surface area contributed by atoms with Crippen molar-refractivity contribution in [3.05, 3.63) is 66.3 Å². The Labute approximate surface area is 158 Å². The van der Waals surface area contributed by atoms with Gasteiger partial charge in [0.1, 0.15) is 5.75 Å². The Morgan fingerprint density at radius 1 is 1.11 bits per heavy atom. The molecule has 6 nitrogen and oxygen atoms in total. The third-order valence-electron chi connectivity index (χ3n) is 3.93. The first kappa shape index (κ1) is 18.6. The third kappa shape index (κ3) is 5.41. The monoisotopic (exact) mass is 365 g/mol. The van der Waals surface area contributed by atoms with E-state index in [0.29, 0.717) is 42.4 Å². The smallest absolute Gasteiger partial charge is 0.226 e. The van der Waals surface area contributed by atoms with Gasteiger partial charge in [-0.25, -0.2) is 0 Å². The van der Waals surface area contributed by atoms with Gasteiger partial charge in [-0.15, -0.1) is 0 Å². The van der Waals surface area contributed by atoms with Crippen LogP contribution in [0.2, 0.25) is 0 Å². The number of benzene rings is 2. The molecule has 0 saturated heterocycles. The van der Waals surface area contributed by atoms with E-state index in [1.807, 2.05) is 68.4 Å². The average Bonchev–Trinajstić information content (AvgIpc) is 3.13. The molecule has 27 heavy (non-hydrogen) atoms. The van der Waals surface area contributed by atoms with Crippen LogP contribution >= 0.6 is 0 Å². The molecule has 140 valence electrons. The van der Waals surface area contributed by atoms with Gasteiger partial charge >= 0.3 is 0 Å². The van der Waals surface area contributed by atoms with E-state index in [1.54, 1.807) is 0 Å². The summed E-state index contributed by atoms with van der Waals surface area (Å²) in [5.41, 5.74) is 0.645. The largest absolute Gasteiger partial charge is 0.455 e. The molecule has 1 N–H and O–H groups in total. The van der Waals surface area contributed by atoms with Crippen molar-refractivity contribution < 1.29 is 14.1 Å². The fourth-order valence-electron chi connectivity index (χ4n) is 2.49. The molecule has 0 radical (unpaired) electrons. The van der Waals surface area contributed by atoms with Crippen LogP contribution < -0.4 is 10.1 Å². The van der Waals surface area contributed by atoms with Crippen molar-refractivity contribution in [2.45, 2.75) is 39.0 Å². The molecule has 0 fully saturated rings. The lowest BCUT2D eigenvalue weighted by Crippen LogP contribution is -2.12. The number of amides is 1. The summed E-state index contributed by atoms with van der Waals surface area (Å²) in [7, 11) is 0. The number of hydrogen-bond acceptors (Lipinski definition) is 5. The molecule has 0 saturated carbocycles. The van der Waals surface area contributed by atoms with Crippen LogP contribution in [0.4, 0.5) is 5.69 Å². The van der Waals surface area contributed by atoms with Crippen LogP contribution in [0, 0.1) is 0 Å². The molecule has 0 bridgehead atoms. The summed E-state index contributed by atoms with van der Waals surface area (Å²) in [6, 6.07) is 16.8. The number of ether oxygens (including phenoxy) is 1. The molecule has 3 rings (SSSR count). The van der Waals surface area contributed by atoms with Gasteiger partial charge in [0.25, 0.3) is 0 Å². The second-order valence-electron chi connectivity index (χ2n) is 6.51. The molecular weight excluding hydrogens is 342 g/mol. The minimum atomic E-state index is -0.0808. The van der Waals surface area contributed by atoms with Crippen molar-refractivity contribution in [3.63, 3.8) is 0 Å². The van der Waals surface area contributed by atoms with Gasteiger partial charge < -0.3 is 14.6 Å². The first-order valence-electron chi connectivity index (χ1n) is 9.06. The Balaban J connectivity index is 1.53. The Bertz CT molecular complexity index is 875. The normalized spacial score (nSPS) is 10.8. The molecule has 0 aliphatic heterocycles. The minimum absolute atomic E-state index is 0.0808. The van der Waals surface area contributed by atoms with E-state index in [9.17, 15) is 4.79 Å². The summed E-state index contributed by atoms with van der Waals surface area (Å²) in [6.45, 7) is 4.02. The van der Waals surface area contributed by atoms with Gasteiger partial charge in [-0.2, -0.15) is 4.98 Å². The summed E-state index contributed by atoms with van der Waals surface area (Å²) in [5.74, 6) is 2.74. The van der Waals surface area contributed by atoms with E-state index in [1.165, 1.54) is 0 Å². The van der Waals surface area contributed by atoms with Crippen LogP contribution in [-0.4, -0.2) is 16.0 Å². The predicted octanol–water partition coefficient (Wildman–Crippen LogP) is 4.95. The van der Waals surface area contributed by atoms with E-state index in [-0.39, 0.29) is 11.8 Å². The highest BCUT2D eigenvalue weighted by Gasteiger charge is 2.12. The van der Waals surface area contributed by atoms with Crippen molar-refractivity contribution >= 4 is 11.6 Å². The zero-order valence-electron chi connectivity index (χ0n) is 15.5. The Hall–Kier alpha value is -3.15. The summed E-state index contributed by atoms with van der Waals surface area (Å²) >= 11 is 0. The van der Waals surface area contributed by atoms with Crippen LogP contribution in [0.3, 0.4) is 0 Å². The molecule has 1 heterocycles. The van der Waals surface area contributed by atoms with Gasteiger partial charge in [0.05, 0.1) is 5.69 Å². The summed E-state index contributed by atoms with van der Waals surface area (Å²) in [6.07, 6.45) is 1.57. The Kier molecular flexibility index (Phi) is 6.20. The standard InChI is InChI=1S/C21H23N3O3/c1-15(2)21-23-20(27-24-21)14-8-13-19(25)22-17-11-6-7-12-18(17)26-16-9-4-3-5-10-16/h3-7,9-12,15H,8,13-14H2,1-2H3,(H,22,25). The first-order valence-corrected chi connectivity index (χ1v) is 9.06. The minimum Gasteiger partial charge on any atom is -0.455 e. The molecule has 2 aromatic carbocycles. The van der Waals surface area contributed by atoms with E-state index >= 15 is 0 Å². The van der Waals surface area contributed by atoms with Gasteiger partial charge in [-0.05, 0) is 30.7 Å². The third-order valence-corrected chi connectivity index (χ3v) is 3.93. The van der Waals surface area contributed by atoms with Gasteiger partial charge in [-0.3, -0.25) is 4.79 Å². The van der Waals surface area contributed by atoms with Crippen molar-refractivity contribution in [1.82, 2.24) is 10.1 Å². The average molecular weight is 365 g/mol. The number of nitrogens with one attached hydrogen (secondary N) is 1. The maximum Gasteiger partial charge on any atom is 0.226 e. The van der Waals surface area contributed by atoms with E-state index < -0.39 is 0 Å². The number of carbonyl (C=O) groups excluding carboxylic acids is 1. The number of carbonyl (C=O) groups is 1. The molecular formula is C21H23N3O3. The lowest BCUT2D eigenvalue weighted by Gasteiger charge is -2.12. The molecule has 1 amide bonds. The van der Waals surface area contributed by atoms with Crippen LogP contribution in [0.25, 0.3) is 0 Å². The Morgan fingerprint density at radius 3 is 2.59 bits per heavy atom. The lowest BCUT2D eigenvalue weighted by atomic mass is 10.2. The second kappa shape index (κ2) is 8.98. The predicted molar refractivity (Wildman–Crippen MR) is 103 cm³/mol. The highest BCUT2D eigenvalue weighted by atomic mass is 16.5. The van der Waals surface area contributed by atoms with Gasteiger partial charge in [0.2, 0.25) is 11.8 Å². The van der Waals surface area contributed by atoms with E-state index in [4.69, 9.17) is 9.26 Å². The molecule has 0 aliphatic rings. The van der Waals surface area contributed by atoms with Gasteiger partial charge in [-0.1, -0.05) is 49.3 Å². The maximum absolute atomic E-state index is 12.3. The number of para-hydroxylation sites is 3. The zero-order chi connectivity index (χ0) is 19.1. The number of aromatic nitrogens is 2. The summed E-state index contributed by atoms with van der Waals surface area (Å²) in [4.78, 5) is 16.6. The van der Waals surface area contributed by atoms with Gasteiger partial charge in [0, 0.05) is 18.8 Å². The zero-order valence-corrected chi connectivity index (χ0v) is 15.5. The summed E-state index contributed by atoms with van der Waals surface area (Å²) < 4.78 is 11.1. The molecule has 0 atom stereocenters. The van der Waals surface area contributed by atoms with E-state index in [0.717, 1.165) is 5.75 Å². The molecule has 1 aromatic heterocycles. The van der Waals surface area contributed by atoms with Crippen LogP contribution in [0.1, 0.15) is 44.3 Å². The fourth-order valence-corrected chi connectivity index (χ4v) is 2.49.